The monoisotopic (exact) mass is 324 g/mol. The molecule has 0 unspecified atom stereocenters. The van der Waals surface area contributed by atoms with Gasteiger partial charge in [-0.15, -0.1) is 0 Å². The molecule has 0 saturated carbocycles. The molecule has 1 aliphatic heterocycles. The van der Waals surface area contributed by atoms with Crippen LogP contribution in [-0.4, -0.2) is 31.4 Å². The highest BCUT2D eigenvalue weighted by atomic mass is 16.7. The molecule has 5 heteroatoms. The first-order valence-electron chi connectivity index (χ1n) is 8.87. The maximum Gasteiger partial charge on any atom is 0.486 e. The number of rotatable bonds is 10. The summed E-state index contributed by atoms with van der Waals surface area (Å²) in [6.45, 7) is 8.28. The Morgan fingerprint density at radius 3 is 2.04 bits per heavy atom. The van der Waals surface area contributed by atoms with Gasteiger partial charge in [0.2, 0.25) is 0 Å². The van der Waals surface area contributed by atoms with Crippen LogP contribution in [0.2, 0.25) is 0 Å². The zero-order valence-corrected chi connectivity index (χ0v) is 15.5. The highest BCUT2D eigenvalue weighted by Gasteiger charge is 2.49. The molecule has 1 saturated heterocycles. The summed E-state index contributed by atoms with van der Waals surface area (Å²) in [5.74, 6) is 1.94. The van der Waals surface area contributed by atoms with E-state index in [0.29, 0.717) is 6.42 Å². The number of hydrogen-bond donors (Lipinski definition) is 0. The Balaban J connectivity index is 2.00. The fourth-order valence-corrected chi connectivity index (χ4v) is 2.52. The van der Waals surface area contributed by atoms with Crippen LogP contribution in [0.15, 0.2) is 12.1 Å². The van der Waals surface area contributed by atoms with Gasteiger partial charge in [-0.2, -0.15) is 0 Å². The average Bonchev–Trinajstić information content (AvgIpc) is 2.68. The molecule has 0 amide bonds. The van der Waals surface area contributed by atoms with E-state index < -0.39 is 0 Å². The van der Waals surface area contributed by atoms with Crippen LogP contribution in [0.25, 0.3) is 0 Å². The Bertz CT molecular complexity index is 374. The van der Waals surface area contributed by atoms with Crippen molar-refractivity contribution in [3.63, 3.8) is 0 Å². The molecule has 0 radical (unpaired) electrons. The second kappa shape index (κ2) is 9.48. The smallest absolute Gasteiger partial charge is 0.469 e. The minimum atomic E-state index is -0.258. The standard InChI is InChI=1S/C18H33BO4/c1-17(2)18(3,4)23-19(22-17)15-13-11-9-7-6-8-10-12-14-16(20)21-5/h13,15H,6-12,14H2,1-5H3/b15-13+. The Hall–Kier alpha value is -0.805. The third-order valence-corrected chi connectivity index (χ3v) is 4.79. The van der Waals surface area contributed by atoms with Crippen molar-refractivity contribution in [1.29, 1.82) is 0 Å². The number of carbonyl (C=O) groups is 1. The molecule has 132 valence electrons. The molecule has 0 aromatic carbocycles. The third-order valence-electron chi connectivity index (χ3n) is 4.79. The molecule has 0 spiro atoms. The van der Waals surface area contributed by atoms with Crippen LogP contribution in [0.5, 0.6) is 0 Å². The van der Waals surface area contributed by atoms with Crippen molar-refractivity contribution in [2.24, 2.45) is 0 Å². The predicted molar refractivity (Wildman–Crippen MR) is 94.2 cm³/mol. The maximum atomic E-state index is 11.0. The zero-order valence-electron chi connectivity index (χ0n) is 15.5. The van der Waals surface area contributed by atoms with Gasteiger partial charge in [-0.05, 0) is 47.0 Å². The lowest BCUT2D eigenvalue weighted by Crippen LogP contribution is -2.41. The summed E-state index contributed by atoms with van der Waals surface area (Å²) < 4.78 is 16.5. The van der Waals surface area contributed by atoms with Crippen LogP contribution in [0.1, 0.15) is 79.1 Å². The number of hydrogen-bond acceptors (Lipinski definition) is 4. The van der Waals surface area contributed by atoms with Gasteiger partial charge in [-0.25, -0.2) is 0 Å². The van der Waals surface area contributed by atoms with Crippen molar-refractivity contribution in [3.8, 4) is 0 Å². The number of unbranched alkanes of at least 4 members (excludes halogenated alkanes) is 6. The van der Waals surface area contributed by atoms with Crippen LogP contribution in [0.4, 0.5) is 0 Å². The number of esters is 1. The summed E-state index contributed by atoms with van der Waals surface area (Å²) in [6, 6.07) is 0. The fraction of sp³-hybridized carbons (Fsp3) is 0.833. The number of allylic oxidation sites excluding steroid dienone is 1. The van der Waals surface area contributed by atoms with Gasteiger partial charge in [0.25, 0.3) is 0 Å². The fourth-order valence-electron chi connectivity index (χ4n) is 2.52. The highest BCUT2D eigenvalue weighted by molar-refractivity contribution is 6.51. The van der Waals surface area contributed by atoms with E-state index in [2.05, 4.69) is 38.5 Å². The van der Waals surface area contributed by atoms with Crippen molar-refractivity contribution in [1.82, 2.24) is 0 Å². The Kier molecular flexibility index (Phi) is 8.34. The van der Waals surface area contributed by atoms with Crippen LogP contribution >= 0.6 is 0 Å². The lowest BCUT2D eigenvalue weighted by molar-refractivity contribution is -0.140. The van der Waals surface area contributed by atoms with E-state index in [4.69, 9.17) is 9.31 Å². The summed E-state index contributed by atoms with van der Waals surface area (Å²) in [7, 11) is 1.22. The molecular weight excluding hydrogens is 291 g/mol. The van der Waals surface area contributed by atoms with Gasteiger partial charge in [0.15, 0.2) is 0 Å². The molecule has 1 fully saturated rings. The molecule has 23 heavy (non-hydrogen) atoms. The molecule has 1 heterocycles. The van der Waals surface area contributed by atoms with E-state index in [-0.39, 0.29) is 24.3 Å². The van der Waals surface area contributed by atoms with Crippen molar-refractivity contribution < 1.29 is 18.8 Å². The van der Waals surface area contributed by atoms with E-state index in [1.54, 1.807) is 0 Å². The lowest BCUT2D eigenvalue weighted by atomic mass is 9.89. The SMILES string of the molecule is COC(=O)CCCCCCCC/C=C/B1OC(C)(C)C(C)(C)O1. The first-order valence-corrected chi connectivity index (χ1v) is 8.87. The van der Waals surface area contributed by atoms with Gasteiger partial charge in [-0.3, -0.25) is 4.79 Å². The molecule has 0 aliphatic carbocycles. The van der Waals surface area contributed by atoms with Gasteiger partial charge < -0.3 is 14.0 Å². The van der Waals surface area contributed by atoms with E-state index in [0.717, 1.165) is 19.3 Å². The molecular formula is C18H33BO4. The highest BCUT2D eigenvalue weighted by Crippen LogP contribution is 2.36. The van der Waals surface area contributed by atoms with Crippen molar-refractivity contribution >= 4 is 13.1 Å². The number of carbonyl (C=O) groups excluding carboxylic acids is 1. The minimum Gasteiger partial charge on any atom is -0.469 e. The van der Waals surface area contributed by atoms with Gasteiger partial charge in [-0.1, -0.05) is 37.7 Å². The lowest BCUT2D eigenvalue weighted by Gasteiger charge is -2.32. The zero-order chi connectivity index (χ0) is 17.3. The molecule has 0 bridgehead atoms. The Labute approximate surface area is 142 Å². The van der Waals surface area contributed by atoms with Crippen molar-refractivity contribution in [2.45, 2.75) is 90.3 Å². The van der Waals surface area contributed by atoms with Crippen LogP contribution in [-0.2, 0) is 18.8 Å². The second-order valence-electron chi connectivity index (χ2n) is 7.29. The van der Waals surface area contributed by atoms with Gasteiger partial charge in [0, 0.05) is 6.42 Å². The first kappa shape index (κ1) is 20.2. The maximum absolute atomic E-state index is 11.0. The van der Waals surface area contributed by atoms with E-state index in [1.807, 2.05) is 5.98 Å². The normalized spacial score (nSPS) is 19.4. The second-order valence-corrected chi connectivity index (χ2v) is 7.29. The molecule has 0 N–H and O–H groups in total. The van der Waals surface area contributed by atoms with Crippen molar-refractivity contribution in [3.05, 3.63) is 12.1 Å². The number of ether oxygens (including phenoxy) is 1. The first-order chi connectivity index (χ1) is 10.8. The topological polar surface area (TPSA) is 44.8 Å². The summed E-state index contributed by atoms with van der Waals surface area (Å²) in [4.78, 5) is 11.0. The molecule has 1 rings (SSSR count). The molecule has 0 atom stereocenters. The molecule has 1 aliphatic rings. The van der Waals surface area contributed by atoms with Crippen LogP contribution < -0.4 is 0 Å². The Morgan fingerprint density at radius 2 is 1.48 bits per heavy atom. The average molecular weight is 324 g/mol. The molecule has 4 nitrogen and oxygen atoms in total. The molecule has 0 aromatic rings. The molecule has 0 aromatic heterocycles. The quantitative estimate of drug-likeness (QED) is 0.338. The summed E-state index contributed by atoms with van der Waals surface area (Å²) >= 11 is 0. The minimum absolute atomic E-state index is 0.0992. The Morgan fingerprint density at radius 1 is 0.957 bits per heavy atom. The third kappa shape index (κ3) is 7.09. The summed E-state index contributed by atoms with van der Waals surface area (Å²) in [6.07, 6.45) is 10.7. The van der Waals surface area contributed by atoms with Crippen molar-refractivity contribution in [2.75, 3.05) is 7.11 Å². The van der Waals surface area contributed by atoms with Gasteiger partial charge >= 0.3 is 13.1 Å². The van der Waals surface area contributed by atoms with Gasteiger partial charge in [0.1, 0.15) is 0 Å². The van der Waals surface area contributed by atoms with Gasteiger partial charge in [0.05, 0.1) is 18.3 Å². The number of methoxy groups -OCH3 is 1. The largest absolute Gasteiger partial charge is 0.486 e. The van der Waals surface area contributed by atoms with E-state index in [1.165, 1.54) is 32.8 Å². The summed E-state index contributed by atoms with van der Waals surface area (Å²) in [5, 5.41) is 0. The van der Waals surface area contributed by atoms with E-state index in [9.17, 15) is 4.79 Å². The van der Waals surface area contributed by atoms with Crippen LogP contribution in [0, 0.1) is 0 Å². The van der Waals surface area contributed by atoms with Crippen LogP contribution in [0.3, 0.4) is 0 Å². The predicted octanol–water partition coefficient (Wildman–Crippen LogP) is 4.47. The van der Waals surface area contributed by atoms with E-state index >= 15 is 0 Å². The summed E-state index contributed by atoms with van der Waals surface area (Å²) in [5.41, 5.74) is -0.515.